The number of benzene rings is 1. The molecule has 1 rings (SSSR count). The molecular formula is C12H15ClN2O3. The Balaban J connectivity index is 2.67. The normalized spacial score (nSPS) is 11.5. The van der Waals surface area contributed by atoms with E-state index in [2.05, 4.69) is 10.6 Å². The number of halogens is 1. The minimum Gasteiger partial charge on any atom is -0.492 e. The Hall–Kier alpha value is -1.75. The Morgan fingerprint density at radius 2 is 2.06 bits per heavy atom. The first-order valence-corrected chi connectivity index (χ1v) is 5.96. The van der Waals surface area contributed by atoms with Crippen LogP contribution in [0.2, 0.25) is 0 Å². The molecule has 0 heterocycles. The standard InChI is InChI=1S/C12H15ClN2O3/c1-3-18-10-7-5-4-6-9(10)14-12(17)15-11(16)8(2)13/h4-8H,3H2,1-2H3,(H2,14,15,16,17). The van der Waals surface area contributed by atoms with Gasteiger partial charge < -0.3 is 10.1 Å². The lowest BCUT2D eigenvalue weighted by Crippen LogP contribution is -2.38. The van der Waals surface area contributed by atoms with E-state index in [1.165, 1.54) is 6.92 Å². The molecule has 1 aromatic carbocycles. The van der Waals surface area contributed by atoms with Gasteiger partial charge >= 0.3 is 6.03 Å². The minimum absolute atomic E-state index is 0.484. The molecule has 0 spiro atoms. The lowest BCUT2D eigenvalue weighted by molar-refractivity contribution is -0.119. The number of hydrogen-bond donors (Lipinski definition) is 2. The quantitative estimate of drug-likeness (QED) is 0.826. The van der Waals surface area contributed by atoms with Gasteiger partial charge in [-0.2, -0.15) is 0 Å². The van der Waals surface area contributed by atoms with Gasteiger partial charge in [-0.25, -0.2) is 4.79 Å². The van der Waals surface area contributed by atoms with Gasteiger partial charge in [0, 0.05) is 0 Å². The van der Waals surface area contributed by atoms with Crippen molar-refractivity contribution in [1.82, 2.24) is 5.32 Å². The summed E-state index contributed by atoms with van der Waals surface area (Å²) in [6.07, 6.45) is 0. The van der Waals surface area contributed by atoms with Crippen LogP contribution in [0.4, 0.5) is 10.5 Å². The van der Waals surface area contributed by atoms with Gasteiger partial charge in [-0.15, -0.1) is 11.6 Å². The maximum Gasteiger partial charge on any atom is 0.326 e. The number of anilines is 1. The summed E-state index contributed by atoms with van der Waals surface area (Å²) in [5.74, 6) is -0.00965. The molecule has 18 heavy (non-hydrogen) atoms. The molecule has 0 aromatic heterocycles. The van der Waals surface area contributed by atoms with Crippen LogP contribution in [-0.4, -0.2) is 23.9 Å². The van der Waals surface area contributed by atoms with Crippen molar-refractivity contribution in [2.24, 2.45) is 0 Å². The summed E-state index contributed by atoms with van der Waals surface area (Å²) in [7, 11) is 0. The van der Waals surface area contributed by atoms with Crippen LogP contribution >= 0.6 is 11.6 Å². The van der Waals surface area contributed by atoms with Gasteiger partial charge in [-0.05, 0) is 26.0 Å². The molecule has 0 aliphatic heterocycles. The molecule has 0 fully saturated rings. The minimum atomic E-state index is -0.766. The van der Waals surface area contributed by atoms with Crippen molar-refractivity contribution in [2.75, 3.05) is 11.9 Å². The molecule has 6 heteroatoms. The van der Waals surface area contributed by atoms with Gasteiger partial charge in [-0.3, -0.25) is 10.1 Å². The zero-order valence-electron chi connectivity index (χ0n) is 10.2. The second kappa shape index (κ2) is 6.86. The van der Waals surface area contributed by atoms with Gasteiger partial charge in [0.05, 0.1) is 12.3 Å². The van der Waals surface area contributed by atoms with Crippen LogP contribution < -0.4 is 15.4 Å². The highest BCUT2D eigenvalue weighted by atomic mass is 35.5. The van der Waals surface area contributed by atoms with Crippen LogP contribution in [0.15, 0.2) is 24.3 Å². The number of carbonyl (C=O) groups excluding carboxylic acids is 2. The number of carbonyl (C=O) groups is 2. The number of para-hydroxylation sites is 2. The van der Waals surface area contributed by atoms with Crippen LogP contribution in [0.3, 0.4) is 0 Å². The molecule has 1 aromatic rings. The Bertz CT molecular complexity index is 435. The average Bonchev–Trinajstić information content (AvgIpc) is 2.31. The fourth-order valence-electron chi connectivity index (χ4n) is 1.22. The number of amides is 3. The van der Waals surface area contributed by atoms with Gasteiger partial charge in [-0.1, -0.05) is 12.1 Å². The molecule has 98 valence electrons. The lowest BCUT2D eigenvalue weighted by atomic mass is 10.3. The third-order valence-electron chi connectivity index (χ3n) is 2.03. The van der Waals surface area contributed by atoms with Crippen LogP contribution in [0.1, 0.15) is 13.8 Å². The first-order valence-electron chi connectivity index (χ1n) is 5.52. The topological polar surface area (TPSA) is 67.4 Å². The summed E-state index contributed by atoms with van der Waals surface area (Å²) in [4.78, 5) is 22.7. The fraction of sp³-hybridized carbons (Fsp3) is 0.333. The van der Waals surface area contributed by atoms with E-state index in [9.17, 15) is 9.59 Å². The zero-order valence-corrected chi connectivity index (χ0v) is 11.0. The van der Waals surface area contributed by atoms with E-state index in [0.717, 1.165) is 0 Å². The molecule has 0 saturated heterocycles. The van der Waals surface area contributed by atoms with E-state index in [-0.39, 0.29) is 0 Å². The van der Waals surface area contributed by atoms with Crippen molar-refractivity contribution in [1.29, 1.82) is 0 Å². The van der Waals surface area contributed by atoms with E-state index in [4.69, 9.17) is 16.3 Å². The second-order valence-electron chi connectivity index (χ2n) is 3.49. The number of imide groups is 1. The zero-order chi connectivity index (χ0) is 13.5. The maximum atomic E-state index is 11.5. The first kappa shape index (κ1) is 14.3. The number of rotatable bonds is 4. The molecule has 0 bridgehead atoms. The fourth-order valence-corrected chi connectivity index (χ4v) is 1.27. The van der Waals surface area contributed by atoms with Crippen LogP contribution in [-0.2, 0) is 4.79 Å². The van der Waals surface area contributed by atoms with E-state index in [1.807, 2.05) is 6.92 Å². The molecule has 0 aliphatic carbocycles. The van der Waals surface area contributed by atoms with Crippen molar-refractivity contribution in [3.63, 3.8) is 0 Å². The molecule has 0 aliphatic rings. The monoisotopic (exact) mass is 270 g/mol. The molecule has 0 radical (unpaired) electrons. The summed E-state index contributed by atoms with van der Waals surface area (Å²) >= 11 is 5.54. The summed E-state index contributed by atoms with van der Waals surface area (Å²) in [5.41, 5.74) is 0.492. The van der Waals surface area contributed by atoms with Crippen LogP contribution in [0.5, 0.6) is 5.75 Å². The Labute approximate surface area is 110 Å². The van der Waals surface area contributed by atoms with Gasteiger partial charge in [0.15, 0.2) is 0 Å². The Morgan fingerprint density at radius 1 is 1.39 bits per heavy atom. The molecule has 3 amide bonds. The van der Waals surface area contributed by atoms with E-state index in [1.54, 1.807) is 24.3 Å². The summed E-state index contributed by atoms with van der Waals surface area (Å²) in [5, 5.41) is 3.88. The number of nitrogens with one attached hydrogen (secondary N) is 2. The summed E-state index contributed by atoms with van der Waals surface area (Å²) in [6.45, 7) is 3.81. The highest BCUT2D eigenvalue weighted by Crippen LogP contribution is 2.23. The van der Waals surface area contributed by atoms with Crippen molar-refractivity contribution in [3.05, 3.63) is 24.3 Å². The number of ether oxygens (including phenoxy) is 1. The van der Waals surface area contributed by atoms with Crippen molar-refractivity contribution < 1.29 is 14.3 Å². The van der Waals surface area contributed by atoms with E-state index in [0.29, 0.717) is 18.0 Å². The highest BCUT2D eigenvalue weighted by Gasteiger charge is 2.14. The van der Waals surface area contributed by atoms with Crippen LogP contribution in [0, 0.1) is 0 Å². The first-order chi connectivity index (χ1) is 8.54. The van der Waals surface area contributed by atoms with E-state index >= 15 is 0 Å². The Kier molecular flexibility index (Phi) is 5.45. The molecule has 0 saturated carbocycles. The summed E-state index contributed by atoms with van der Waals surface area (Å²) < 4.78 is 5.34. The average molecular weight is 271 g/mol. The molecule has 5 nitrogen and oxygen atoms in total. The van der Waals surface area contributed by atoms with Gasteiger partial charge in [0.1, 0.15) is 11.1 Å². The smallest absolute Gasteiger partial charge is 0.326 e. The third kappa shape index (κ3) is 4.25. The number of hydrogen-bond acceptors (Lipinski definition) is 3. The molecule has 1 atom stereocenters. The summed E-state index contributed by atoms with van der Waals surface area (Å²) in [6, 6.07) is 6.31. The lowest BCUT2D eigenvalue weighted by Gasteiger charge is -2.11. The Morgan fingerprint density at radius 3 is 2.67 bits per heavy atom. The van der Waals surface area contributed by atoms with Gasteiger partial charge in [0.25, 0.3) is 0 Å². The largest absolute Gasteiger partial charge is 0.492 e. The molecular weight excluding hydrogens is 256 g/mol. The van der Waals surface area contributed by atoms with Crippen molar-refractivity contribution in [2.45, 2.75) is 19.2 Å². The number of alkyl halides is 1. The van der Waals surface area contributed by atoms with Crippen LogP contribution in [0.25, 0.3) is 0 Å². The SMILES string of the molecule is CCOc1ccccc1NC(=O)NC(=O)C(C)Cl. The highest BCUT2D eigenvalue weighted by molar-refractivity contribution is 6.31. The predicted molar refractivity (Wildman–Crippen MR) is 70.1 cm³/mol. The third-order valence-corrected chi connectivity index (χ3v) is 2.23. The molecule has 2 N–H and O–H groups in total. The molecule has 1 unspecified atom stereocenters. The predicted octanol–water partition coefficient (Wildman–Crippen LogP) is 2.36. The van der Waals surface area contributed by atoms with E-state index < -0.39 is 17.3 Å². The van der Waals surface area contributed by atoms with Crippen molar-refractivity contribution >= 4 is 29.2 Å². The van der Waals surface area contributed by atoms with Crippen molar-refractivity contribution in [3.8, 4) is 5.75 Å². The second-order valence-corrected chi connectivity index (χ2v) is 4.14. The number of urea groups is 1. The maximum absolute atomic E-state index is 11.5. The van der Waals surface area contributed by atoms with Gasteiger partial charge in [0.2, 0.25) is 5.91 Å².